The third-order valence-corrected chi connectivity index (χ3v) is 3.01. The van der Waals surface area contributed by atoms with Crippen molar-refractivity contribution >= 4 is 17.2 Å². The van der Waals surface area contributed by atoms with Crippen LogP contribution in [0.4, 0.5) is 0 Å². The summed E-state index contributed by atoms with van der Waals surface area (Å²) < 4.78 is 16.0. The molecule has 5 nitrogen and oxygen atoms in total. The Morgan fingerprint density at radius 1 is 1.14 bits per heavy atom. The molecular formula is C15H16N2O3S. The van der Waals surface area contributed by atoms with Gasteiger partial charge >= 0.3 is 0 Å². The monoisotopic (exact) mass is 304 g/mol. The predicted octanol–water partition coefficient (Wildman–Crippen LogP) is 2.31. The van der Waals surface area contributed by atoms with E-state index < -0.39 is 0 Å². The molecule has 0 spiro atoms. The molecule has 0 aliphatic rings. The Morgan fingerprint density at radius 2 is 1.90 bits per heavy atom. The van der Waals surface area contributed by atoms with Gasteiger partial charge in [-0.15, -0.1) is 0 Å². The second kappa shape index (κ2) is 6.90. The zero-order valence-electron chi connectivity index (χ0n) is 11.8. The summed E-state index contributed by atoms with van der Waals surface area (Å²) >= 11 is 4.98. The third kappa shape index (κ3) is 4.06. The van der Waals surface area contributed by atoms with Crippen molar-refractivity contribution in [3.63, 3.8) is 0 Å². The van der Waals surface area contributed by atoms with Crippen LogP contribution in [-0.2, 0) is 6.61 Å². The average molecular weight is 304 g/mol. The van der Waals surface area contributed by atoms with E-state index in [9.17, 15) is 0 Å². The van der Waals surface area contributed by atoms with Crippen LogP contribution < -0.4 is 19.9 Å². The normalized spacial score (nSPS) is 10.0. The molecule has 0 radical (unpaired) electrons. The fourth-order valence-corrected chi connectivity index (χ4v) is 1.84. The van der Waals surface area contributed by atoms with Crippen LogP contribution in [0.2, 0.25) is 0 Å². The Hall–Kier alpha value is -2.34. The zero-order chi connectivity index (χ0) is 15.2. The van der Waals surface area contributed by atoms with E-state index >= 15 is 0 Å². The van der Waals surface area contributed by atoms with Crippen LogP contribution in [0.5, 0.6) is 17.4 Å². The molecule has 1 aromatic carbocycles. The number of methoxy groups -OCH3 is 2. The quantitative estimate of drug-likeness (QED) is 0.826. The van der Waals surface area contributed by atoms with Crippen LogP contribution in [0.15, 0.2) is 36.4 Å². The maximum absolute atomic E-state index is 5.71. The predicted molar refractivity (Wildman–Crippen MR) is 84.0 cm³/mol. The van der Waals surface area contributed by atoms with Crippen molar-refractivity contribution in [1.82, 2.24) is 4.98 Å². The van der Waals surface area contributed by atoms with Gasteiger partial charge in [0, 0.05) is 17.7 Å². The van der Waals surface area contributed by atoms with Gasteiger partial charge in [0.2, 0.25) is 5.88 Å². The Morgan fingerprint density at radius 3 is 2.57 bits per heavy atom. The molecule has 0 saturated carbocycles. The summed E-state index contributed by atoms with van der Waals surface area (Å²) in [6, 6.07) is 10.8. The van der Waals surface area contributed by atoms with Gasteiger partial charge in [0.15, 0.2) is 0 Å². The first kappa shape index (κ1) is 15.1. The topological polar surface area (TPSA) is 66.6 Å². The zero-order valence-corrected chi connectivity index (χ0v) is 12.6. The summed E-state index contributed by atoms with van der Waals surface area (Å²) in [7, 11) is 3.15. The Balaban J connectivity index is 2.15. The first-order valence-electron chi connectivity index (χ1n) is 6.24. The number of hydrogen-bond acceptors (Lipinski definition) is 5. The number of aromatic nitrogens is 1. The highest BCUT2D eigenvalue weighted by atomic mass is 32.1. The van der Waals surface area contributed by atoms with Gasteiger partial charge in [-0.1, -0.05) is 18.3 Å². The van der Waals surface area contributed by atoms with E-state index in [2.05, 4.69) is 4.98 Å². The first-order chi connectivity index (χ1) is 10.1. The Labute approximate surface area is 128 Å². The maximum Gasteiger partial charge on any atom is 0.213 e. The highest BCUT2D eigenvalue weighted by Crippen LogP contribution is 2.23. The van der Waals surface area contributed by atoms with Gasteiger partial charge in [-0.25, -0.2) is 4.98 Å². The lowest BCUT2D eigenvalue weighted by molar-refractivity contribution is 0.296. The van der Waals surface area contributed by atoms with E-state index in [-0.39, 0.29) is 0 Å². The van der Waals surface area contributed by atoms with Crippen molar-refractivity contribution in [1.29, 1.82) is 0 Å². The largest absolute Gasteiger partial charge is 0.497 e. The smallest absolute Gasteiger partial charge is 0.213 e. The molecule has 2 N–H and O–H groups in total. The van der Waals surface area contributed by atoms with E-state index in [0.717, 1.165) is 5.69 Å². The van der Waals surface area contributed by atoms with E-state index in [1.54, 1.807) is 38.5 Å². The van der Waals surface area contributed by atoms with Gasteiger partial charge in [0.25, 0.3) is 0 Å². The Kier molecular flexibility index (Phi) is 4.94. The molecule has 0 fully saturated rings. The van der Waals surface area contributed by atoms with Gasteiger partial charge in [0.05, 0.1) is 19.9 Å². The number of nitrogens with zero attached hydrogens (tertiary/aromatic N) is 1. The van der Waals surface area contributed by atoms with Crippen molar-refractivity contribution < 1.29 is 14.2 Å². The summed E-state index contributed by atoms with van der Waals surface area (Å²) in [5.74, 6) is 1.79. The molecular weight excluding hydrogens is 288 g/mol. The molecule has 2 rings (SSSR count). The average Bonchev–Trinajstić information content (AvgIpc) is 2.52. The van der Waals surface area contributed by atoms with Crippen LogP contribution in [0.1, 0.15) is 11.3 Å². The third-order valence-electron chi connectivity index (χ3n) is 2.78. The number of benzene rings is 1. The van der Waals surface area contributed by atoms with Crippen molar-refractivity contribution in [3.05, 3.63) is 47.7 Å². The van der Waals surface area contributed by atoms with Crippen LogP contribution in [0, 0.1) is 0 Å². The standard InChI is InChI=1S/C15H16N2O3S/c1-18-12-6-10(15(16)21)7-13(8-12)20-9-11-4-3-5-14(17-11)19-2/h3-8H,9H2,1-2H3,(H2,16,21). The van der Waals surface area contributed by atoms with E-state index in [1.165, 1.54) is 0 Å². The lowest BCUT2D eigenvalue weighted by Gasteiger charge is -2.10. The van der Waals surface area contributed by atoms with Gasteiger partial charge in [0.1, 0.15) is 23.1 Å². The second-order valence-corrected chi connectivity index (χ2v) is 4.66. The number of hydrogen-bond donors (Lipinski definition) is 1. The summed E-state index contributed by atoms with van der Waals surface area (Å²) in [5.41, 5.74) is 7.09. The van der Waals surface area contributed by atoms with Crippen LogP contribution >= 0.6 is 12.2 Å². The van der Waals surface area contributed by atoms with Gasteiger partial charge in [-0.3, -0.25) is 0 Å². The SMILES string of the molecule is COc1cc(OCc2cccc(OC)n2)cc(C(N)=S)c1. The van der Waals surface area contributed by atoms with E-state index in [0.29, 0.717) is 34.5 Å². The lowest BCUT2D eigenvalue weighted by atomic mass is 10.2. The number of pyridine rings is 1. The molecule has 0 saturated heterocycles. The maximum atomic E-state index is 5.71. The van der Waals surface area contributed by atoms with Crippen molar-refractivity contribution in [2.24, 2.45) is 5.73 Å². The van der Waals surface area contributed by atoms with Gasteiger partial charge in [-0.2, -0.15) is 0 Å². The molecule has 0 aliphatic carbocycles. The minimum atomic E-state index is 0.290. The molecule has 0 unspecified atom stereocenters. The molecule has 1 heterocycles. The van der Waals surface area contributed by atoms with Crippen LogP contribution in [0.3, 0.4) is 0 Å². The second-order valence-electron chi connectivity index (χ2n) is 4.22. The van der Waals surface area contributed by atoms with Gasteiger partial charge < -0.3 is 19.9 Å². The van der Waals surface area contributed by atoms with Gasteiger partial charge in [-0.05, 0) is 18.2 Å². The number of rotatable bonds is 6. The van der Waals surface area contributed by atoms with Crippen molar-refractivity contribution in [3.8, 4) is 17.4 Å². The Bertz CT molecular complexity index is 647. The number of thiocarbonyl (C=S) groups is 1. The summed E-state index contributed by atoms with van der Waals surface area (Å²) in [6.45, 7) is 0.307. The molecule has 6 heteroatoms. The fourth-order valence-electron chi connectivity index (χ4n) is 1.72. The molecule has 0 amide bonds. The summed E-state index contributed by atoms with van der Waals surface area (Å²) in [5, 5.41) is 0. The summed E-state index contributed by atoms with van der Waals surface area (Å²) in [4.78, 5) is 4.57. The molecule has 2 aromatic rings. The van der Waals surface area contributed by atoms with Crippen molar-refractivity contribution in [2.75, 3.05) is 14.2 Å². The molecule has 0 bridgehead atoms. The molecule has 110 valence electrons. The number of nitrogens with two attached hydrogens (primary N) is 1. The number of ether oxygens (including phenoxy) is 3. The van der Waals surface area contributed by atoms with Crippen molar-refractivity contribution in [2.45, 2.75) is 6.61 Å². The fraction of sp³-hybridized carbons (Fsp3) is 0.200. The van der Waals surface area contributed by atoms with E-state index in [4.69, 9.17) is 32.2 Å². The molecule has 21 heavy (non-hydrogen) atoms. The highest BCUT2D eigenvalue weighted by molar-refractivity contribution is 7.80. The molecule has 0 aliphatic heterocycles. The van der Waals surface area contributed by atoms with Crippen LogP contribution in [0.25, 0.3) is 0 Å². The molecule has 1 aromatic heterocycles. The van der Waals surface area contributed by atoms with E-state index in [1.807, 2.05) is 12.1 Å². The highest BCUT2D eigenvalue weighted by Gasteiger charge is 2.06. The molecule has 0 atom stereocenters. The first-order valence-corrected chi connectivity index (χ1v) is 6.65. The summed E-state index contributed by atoms with van der Waals surface area (Å²) in [6.07, 6.45) is 0. The minimum Gasteiger partial charge on any atom is -0.497 e. The minimum absolute atomic E-state index is 0.290. The lowest BCUT2D eigenvalue weighted by Crippen LogP contribution is -2.10. The van der Waals surface area contributed by atoms with Crippen LogP contribution in [-0.4, -0.2) is 24.2 Å².